The van der Waals surface area contributed by atoms with E-state index in [0.717, 1.165) is 35.7 Å². The number of thiazole rings is 1. The van der Waals surface area contributed by atoms with Crippen LogP contribution in [-0.2, 0) is 22.9 Å². The molecule has 0 bridgehead atoms. The fourth-order valence-corrected chi connectivity index (χ4v) is 5.26. The molecule has 1 aliphatic rings. The molecule has 1 aromatic heterocycles. The number of aromatic nitrogens is 1. The van der Waals surface area contributed by atoms with Gasteiger partial charge in [0, 0.05) is 24.5 Å². The molecule has 0 radical (unpaired) electrons. The minimum atomic E-state index is -3.74. The zero-order valence-electron chi connectivity index (χ0n) is 16.3. The van der Waals surface area contributed by atoms with Crippen LogP contribution in [0.3, 0.4) is 0 Å². The van der Waals surface area contributed by atoms with Crippen LogP contribution >= 0.6 is 11.3 Å². The molecule has 9 heteroatoms. The van der Waals surface area contributed by atoms with Crippen molar-refractivity contribution >= 4 is 32.4 Å². The highest BCUT2D eigenvalue weighted by atomic mass is 32.2. The number of sulfonamides is 1. The molecular formula is C19H25N3O4S2. The molecule has 0 saturated heterocycles. The maximum absolute atomic E-state index is 12.7. The molecule has 0 atom stereocenters. The quantitative estimate of drug-likeness (QED) is 0.797. The largest absolute Gasteiger partial charge is 0.495 e. The van der Waals surface area contributed by atoms with Crippen molar-refractivity contribution in [3.05, 3.63) is 34.3 Å². The number of hydrogen-bond donors (Lipinski definition) is 1. The Balaban J connectivity index is 1.86. The number of amides is 1. The molecule has 0 fully saturated rings. The highest BCUT2D eigenvalue weighted by Gasteiger charge is 2.24. The van der Waals surface area contributed by atoms with Crippen LogP contribution in [0.15, 0.2) is 23.1 Å². The van der Waals surface area contributed by atoms with Crippen LogP contribution in [0, 0.1) is 0 Å². The number of fused-ring (bicyclic) bond motifs is 1. The first kappa shape index (κ1) is 20.8. The van der Waals surface area contributed by atoms with Crippen molar-refractivity contribution < 1.29 is 17.9 Å². The summed E-state index contributed by atoms with van der Waals surface area (Å²) in [6, 6.07) is 4.38. The lowest BCUT2D eigenvalue weighted by atomic mass is 10.0. The van der Waals surface area contributed by atoms with Gasteiger partial charge in [-0.25, -0.2) is 17.7 Å². The lowest BCUT2D eigenvalue weighted by molar-refractivity contribution is 0.102. The molecule has 2 aromatic rings. The van der Waals surface area contributed by atoms with Crippen LogP contribution in [0.5, 0.6) is 5.75 Å². The fraction of sp³-hybridized carbons (Fsp3) is 0.474. The Morgan fingerprint density at radius 3 is 2.57 bits per heavy atom. The van der Waals surface area contributed by atoms with Gasteiger partial charge in [-0.3, -0.25) is 10.1 Å². The van der Waals surface area contributed by atoms with Gasteiger partial charge in [-0.15, -0.1) is 11.3 Å². The summed E-state index contributed by atoms with van der Waals surface area (Å²) in [7, 11) is 0.529. The van der Waals surface area contributed by atoms with Crippen LogP contribution in [0.2, 0.25) is 0 Å². The van der Waals surface area contributed by atoms with E-state index < -0.39 is 10.0 Å². The molecule has 0 spiro atoms. The van der Waals surface area contributed by atoms with Crippen molar-refractivity contribution in [2.75, 3.05) is 26.5 Å². The van der Waals surface area contributed by atoms with Crippen LogP contribution in [0.4, 0.5) is 5.13 Å². The average Bonchev–Trinajstić information content (AvgIpc) is 3.01. The lowest BCUT2D eigenvalue weighted by Crippen LogP contribution is -2.23. The fourth-order valence-electron chi connectivity index (χ4n) is 3.14. The number of nitrogens with one attached hydrogen (secondary N) is 1. The van der Waals surface area contributed by atoms with Gasteiger partial charge in [0.2, 0.25) is 10.0 Å². The van der Waals surface area contributed by atoms with Crippen molar-refractivity contribution in [3.8, 4) is 5.75 Å². The second-order valence-electron chi connectivity index (χ2n) is 6.91. The van der Waals surface area contributed by atoms with Gasteiger partial charge in [-0.2, -0.15) is 0 Å². The van der Waals surface area contributed by atoms with Crippen LogP contribution in [-0.4, -0.2) is 44.8 Å². The molecule has 7 nitrogen and oxygen atoms in total. The van der Waals surface area contributed by atoms with Crippen molar-refractivity contribution in [2.45, 2.75) is 43.4 Å². The number of rotatable bonds is 5. The molecule has 1 amide bonds. The highest BCUT2D eigenvalue weighted by Crippen LogP contribution is 2.30. The molecule has 152 valence electrons. The monoisotopic (exact) mass is 423 g/mol. The molecule has 1 aromatic carbocycles. The summed E-state index contributed by atoms with van der Waals surface area (Å²) >= 11 is 1.51. The number of carbonyl (C=O) groups excluding carboxylic acids is 1. The molecule has 28 heavy (non-hydrogen) atoms. The van der Waals surface area contributed by atoms with E-state index in [2.05, 4.69) is 10.3 Å². The van der Waals surface area contributed by atoms with Gasteiger partial charge in [-0.05, 0) is 43.9 Å². The summed E-state index contributed by atoms with van der Waals surface area (Å²) < 4.78 is 31.3. The van der Waals surface area contributed by atoms with Gasteiger partial charge in [0.25, 0.3) is 5.91 Å². The first-order valence-electron chi connectivity index (χ1n) is 9.23. The number of ether oxygens (including phenoxy) is 1. The minimum Gasteiger partial charge on any atom is -0.495 e. The molecule has 1 N–H and O–H groups in total. The van der Waals surface area contributed by atoms with Crippen molar-refractivity contribution in [1.29, 1.82) is 0 Å². The maximum atomic E-state index is 12.7. The van der Waals surface area contributed by atoms with E-state index >= 15 is 0 Å². The summed E-state index contributed by atoms with van der Waals surface area (Å²) in [5.74, 6) is -0.193. The van der Waals surface area contributed by atoms with Gasteiger partial charge in [0.05, 0.1) is 12.8 Å². The zero-order valence-corrected chi connectivity index (χ0v) is 18.0. The number of hydrogen-bond acceptors (Lipinski definition) is 6. The van der Waals surface area contributed by atoms with Crippen molar-refractivity contribution in [2.24, 2.45) is 0 Å². The topological polar surface area (TPSA) is 88.6 Å². The Hall–Kier alpha value is -1.97. The molecule has 1 aliphatic carbocycles. The molecule has 3 rings (SSSR count). The third kappa shape index (κ3) is 4.37. The Morgan fingerprint density at radius 2 is 1.89 bits per heavy atom. The normalized spacial score (nSPS) is 14.9. The SMILES string of the molecule is COc1ccc(C(=O)Nc2nc3c(s2)CCCCCC3)cc1S(=O)(=O)N(C)C. The molecule has 0 saturated carbocycles. The smallest absolute Gasteiger partial charge is 0.257 e. The first-order valence-corrected chi connectivity index (χ1v) is 11.5. The Bertz CT molecular complexity index is 942. The number of aryl methyl sites for hydroxylation is 2. The zero-order chi connectivity index (χ0) is 20.3. The van der Waals surface area contributed by atoms with E-state index in [-0.39, 0.29) is 22.1 Å². The lowest BCUT2D eigenvalue weighted by Gasteiger charge is -2.15. The van der Waals surface area contributed by atoms with Crippen LogP contribution < -0.4 is 10.1 Å². The molecule has 0 aliphatic heterocycles. The average molecular weight is 424 g/mol. The molecule has 0 unspecified atom stereocenters. The van der Waals surface area contributed by atoms with Crippen LogP contribution in [0.25, 0.3) is 0 Å². The van der Waals surface area contributed by atoms with E-state index in [1.807, 2.05) is 0 Å². The van der Waals surface area contributed by atoms with E-state index in [9.17, 15) is 13.2 Å². The van der Waals surface area contributed by atoms with Gasteiger partial charge in [0.15, 0.2) is 5.13 Å². The summed E-state index contributed by atoms with van der Waals surface area (Å²) in [5.41, 5.74) is 1.31. The number of nitrogens with zero attached hydrogens (tertiary/aromatic N) is 2. The van der Waals surface area contributed by atoms with Crippen molar-refractivity contribution in [3.63, 3.8) is 0 Å². The van der Waals surface area contributed by atoms with E-state index in [0.29, 0.717) is 5.13 Å². The minimum absolute atomic E-state index is 0.0425. The Labute approximate surface area is 169 Å². The Kier molecular flexibility index (Phi) is 6.36. The Morgan fingerprint density at radius 1 is 1.18 bits per heavy atom. The van der Waals surface area contributed by atoms with Gasteiger partial charge >= 0.3 is 0 Å². The molecule has 1 heterocycles. The van der Waals surface area contributed by atoms with Crippen LogP contribution in [0.1, 0.15) is 46.6 Å². The third-order valence-electron chi connectivity index (χ3n) is 4.75. The van der Waals surface area contributed by atoms with E-state index in [1.54, 1.807) is 6.07 Å². The summed E-state index contributed by atoms with van der Waals surface area (Å²) in [5, 5.41) is 3.38. The number of carbonyl (C=O) groups is 1. The molecular weight excluding hydrogens is 398 g/mol. The van der Waals surface area contributed by atoms with Gasteiger partial charge in [-0.1, -0.05) is 12.8 Å². The van der Waals surface area contributed by atoms with Gasteiger partial charge < -0.3 is 4.74 Å². The summed E-state index contributed by atoms with van der Waals surface area (Å²) in [6.45, 7) is 0. The second-order valence-corrected chi connectivity index (χ2v) is 10.1. The number of benzene rings is 1. The van der Waals surface area contributed by atoms with Crippen molar-refractivity contribution in [1.82, 2.24) is 9.29 Å². The predicted molar refractivity (Wildman–Crippen MR) is 110 cm³/mol. The highest BCUT2D eigenvalue weighted by molar-refractivity contribution is 7.89. The van der Waals surface area contributed by atoms with E-state index in [1.165, 1.54) is 62.4 Å². The maximum Gasteiger partial charge on any atom is 0.257 e. The summed E-state index contributed by atoms with van der Waals surface area (Å²) in [6.07, 6.45) is 6.65. The number of methoxy groups -OCH3 is 1. The van der Waals surface area contributed by atoms with E-state index in [4.69, 9.17) is 4.74 Å². The number of anilines is 1. The standard InChI is InChI=1S/C19H25N3O4S2/c1-22(2)28(24,25)17-12-13(10-11-15(17)26-3)18(23)21-19-20-14-8-6-4-5-7-9-16(14)27-19/h10-12H,4-9H2,1-3H3,(H,20,21,23). The first-order chi connectivity index (χ1) is 13.3. The van der Waals surface area contributed by atoms with Gasteiger partial charge in [0.1, 0.15) is 10.6 Å². The summed E-state index contributed by atoms with van der Waals surface area (Å²) in [4.78, 5) is 18.5. The third-order valence-corrected chi connectivity index (χ3v) is 7.66. The predicted octanol–water partition coefficient (Wildman–Crippen LogP) is 3.31. The second kappa shape index (κ2) is 8.59.